The number of hydrogen-bond acceptors (Lipinski definition) is 4. The molecule has 3 rings (SSSR count). The number of hydrogen-bond donors (Lipinski definition) is 3. The summed E-state index contributed by atoms with van der Waals surface area (Å²) in [6, 6.07) is 14.7. The predicted octanol–water partition coefficient (Wildman–Crippen LogP) is 4.95. The molecular weight excluding hydrogens is 444 g/mol. The number of rotatable bonds is 9. The Morgan fingerprint density at radius 2 is 1.49 bits per heavy atom. The number of aliphatic carboxylic acids is 1. The van der Waals surface area contributed by atoms with E-state index < -0.39 is 30.1 Å². The van der Waals surface area contributed by atoms with Crippen LogP contribution in [0, 0.1) is 11.3 Å². The van der Waals surface area contributed by atoms with Gasteiger partial charge in [-0.25, -0.2) is 9.59 Å². The topological polar surface area (TPSA) is 105 Å². The molecule has 0 fully saturated rings. The van der Waals surface area contributed by atoms with Crippen molar-refractivity contribution in [3.8, 4) is 11.1 Å². The van der Waals surface area contributed by atoms with E-state index in [0.717, 1.165) is 22.3 Å². The SMILES string of the molecule is CC(C)C(CC(=O)NC(CC(C)(C)C)C(=O)O)NC(=O)OCC1c2ccccc2-c2ccccc21. The van der Waals surface area contributed by atoms with Gasteiger partial charge in [-0.1, -0.05) is 83.1 Å². The van der Waals surface area contributed by atoms with Crippen molar-refractivity contribution in [2.45, 2.75) is 65.5 Å². The van der Waals surface area contributed by atoms with E-state index in [1.165, 1.54) is 0 Å². The van der Waals surface area contributed by atoms with Gasteiger partial charge < -0.3 is 20.5 Å². The lowest BCUT2D eigenvalue weighted by Gasteiger charge is -2.26. The molecule has 0 radical (unpaired) electrons. The Bertz CT molecular complexity index is 1030. The third kappa shape index (κ3) is 6.84. The highest BCUT2D eigenvalue weighted by Gasteiger charge is 2.30. The molecule has 2 atom stereocenters. The molecule has 0 saturated carbocycles. The van der Waals surface area contributed by atoms with Crippen LogP contribution in [-0.4, -0.2) is 41.8 Å². The number of carbonyl (C=O) groups is 3. The summed E-state index contributed by atoms with van der Waals surface area (Å²) >= 11 is 0. The lowest BCUT2D eigenvalue weighted by atomic mass is 9.88. The molecule has 3 N–H and O–H groups in total. The first-order chi connectivity index (χ1) is 16.5. The summed E-state index contributed by atoms with van der Waals surface area (Å²) in [5.41, 5.74) is 4.29. The number of carbonyl (C=O) groups excluding carboxylic acids is 2. The van der Waals surface area contributed by atoms with E-state index in [2.05, 4.69) is 34.9 Å². The maximum absolute atomic E-state index is 12.7. The molecule has 0 aromatic heterocycles. The van der Waals surface area contributed by atoms with Gasteiger partial charge in [-0.3, -0.25) is 4.79 Å². The van der Waals surface area contributed by atoms with Crippen molar-refractivity contribution < 1.29 is 24.2 Å². The third-order valence-corrected chi connectivity index (χ3v) is 6.31. The maximum Gasteiger partial charge on any atom is 0.407 e. The minimum atomic E-state index is -1.07. The summed E-state index contributed by atoms with van der Waals surface area (Å²) in [6.07, 6.45) is -0.321. The minimum Gasteiger partial charge on any atom is -0.480 e. The lowest BCUT2D eigenvalue weighted by Crippen LogP contribution is -2.47. The average molecular weight is 481 g/mol. The Balaban J connectivity index is 1.60. The van der Waals surface area contributed by atoms with E-state index in [1.807, 2.05) is 58.9 Å². The van der Waals surface area contributed by atoms with Gasteiger partial charge in [-0.15, -0.1) is 0 Å². The second-order valence-electron chi connectivity index (χ2n) is 10.7. The molecule has 2 unspecified atom stereocenters. The van der Waals surface area contributed by atoms with Crippen LogP contribution in [0.1, 0.15) is 64.5 Å². The van der Waals surface area contributed by atoms with Crippen molar-refractivity contribution in [2.24, 2.45) is 11.3 Å². The van der Waals surface area contributed by atoms with Crippen molar-refractivity contribution in [2.75, 3.05) is 6.61 Å². The largest absolute Gasteiger partial charge is 0.480 e. The average Bonchev–Trinajstić information content (AvgIpc) is 3.09. The Kier molecular flexibility index (Phi) is 8.20. The van der Waals surface area contributed by atoms with E-state index >= 15 is 0 Å². The van der Waals surface area contributed by atoms with Gasteiger partial charge in [0, 0.05) is 18.4 Å². The van der Waals surface area contributed by atoms with Crippen molar-refractivity contribution in [1.82, 2.24) is 10.6 Å². The van der Waals surface area contributed by atoms with Crippen molar-refractivity contribution in [3.63, 3.8) is 0 Å². The second-order valence-corrected chi connectivity index (χ2v) is 10.7. The molecule has 1 aliphatic carbocycles. The zero-order valence-corrected chi connectivity index (χ0v) is 21.1. The van der Waals surface area contributed by atoms with Crippen molar-refractivity contribution in [3.05, 3.63) is 59.7 Å². The summed E-state index contributed by atoms with van der Waals surface area (Å²) < 4.78 is 5.61. The van der Waals surface area contributed by atoms with E-state index in [9.17, 15) is 19.5 Å². The van der Waals surface area contributed by atoms with Crippen molar-refractivity contribution in [1.29, 1.82) is 0 Å². The molecule has 0 bridgehead atoms. The number of carboxylic acids is 1. The van der Waals surface area contributed by atoms with Crippen LogP contribution in [0.2, 0.25) is 0 Å². The summed E-state index contributed by atoms with van der Waals surface area (Å²) in [4.78, 5) is 36.9. The van der Waals surface area contributed by atoms with Crippen LogP contribution in [0.3, 0.4) is 0 Å². The molecule has 2 aromatic carbocycles. The fourth-order valence-corrected chi connectivity index (χ4v) is 4.51. The molecule has 35 heavy (non-hydrogen) atoms. The van der Waals surface area contributed by atoms with E-state index in [1.54, 1.807) is 0 Å². The summed E-state index contributed by atoms with van der Waals surface area (Å²) in [6.45, 7) is 9.74. The fraction of sp³-hybridized carbons (Fsp3) is 0.464. The molecule has 7 nitrogen and oxygen atoms in total. The summed E-state index contributed by atoms with van der Waals surface area (Å²) in [5, 5.41) is 14.9. The van der Waals surface area contributed by atoms with Crippen LogP contribution in [0.25, 0.3) is 11.1 Å². The molecule has 7 heteroatoms. The standard InChI is InChI=1S/C28H36N2O5/c1-17(2)23(14-25(31)29-24(26(32)33)15-28(3,4)5)30-27(34)35-16-22-20-12-8-6-10-18(20)19-11-7-9-13-21(19)22/h6-13,17,22-24H,14-16H2,1-5H3,(H,29,31)(H,30,34)(H,32,33). The summed E-state index contributed by atoms with van der Waals surface area (Å²) in [7, 11) is 0. The molecular formula is C28H36N2O5. The number of ether oxygens (including phenoxy) is 1. The number of amides is 2. The highest BCUT2D eigenvalue weighted by atomic mass is 16.5. The van der Waals surface area contributed by atoms with Gasteiger partial charge in [-0.2, -0.15) is 0 Å². The van der Waals surface area contributed by atoms with E-state index in [4.69, 9.17) is 4.74 Å². The molecule has 0 saturated heterocycles. The van der Waals surface area contributed by atoms with Gasteiger partial charge in [0.2, 0.25) is 5.91 Å². The molecule has 1 aliphatic rings. The quantitative estimate of drug-likeness (QED) is 0.471. The van der Waals surface area contributed by atoms with Crippen LogP contribution in [0.4, 0.5) is 4.79 Å². The smallest absolute Gasteiger partial charge is 0.407 e. The zero-order valence-electron chi connectivity index (χ0n) is 21.1. The molecule has 188 valence electrons. The van der Waals surface area contributed by atoms with Gasteiger partial charge in [-0.05, 0) is 40.0 Å². The lowest BCUT2D eigenvalue weighted by molar-refractivity contribution is -0.142. The van der Waals surface area contributed by atoms with Gasteiger partial charge in [0.1, 0.15) is 12.6 Å². The number of benzene rings is 2. The van der Waals surface area contributed by atoms with E-state index in [0.29, 0.717) is 6.42 Å². The first kappa shape index (κ1) is 26.3. The second kappa shape index (κ2) is 10.9. The normalized spacial score (nSPS) is 14.6. The Labute approximate surface area is 207 Å². The summed E-state index contributed by atoms with van der Waals surface area (Å²) in [5.74, 6) is -1.59. The highest BCUT2D eigenvalue weighted by Crippen LogP contribution is 2.44. The Morgan fingerprint density at radius 1 is 0.943 bits per heavy atom. The maximum atomic E-state index is 12.7. The Morgan fingerprint density at radius 3 is 1.97 bits per heavy atom. The number of fused-ring (bicyclic) bond motifs is 3. The van der Waals surface area contributed by atoms with Crippen LogP contribution in [0.5, 0.6) is 0 Å². The number of alkyl carbamates (subject to hydrolysis) is 1. The van der Waals surface area contributed by atoms with Crippen molar-refractivity contribution >= 4 is 18.0 Å². The number of carboxylic acid groups (broad SMARTS) is 1. The first-order valence-corrected chi connectivity index (χ1v) is 12.1. The molecule has 2 aromatic rings. The van der Waals surface area contributed by atoms with Gasteiger partial charge in [0.25, 0.3) is 0 Å². The monoisotopic (exact) mass is 480 g/mol. The van der Waals surface area contributed by atoms with Crippen LogP contribution >= 0.6 is 0 Å². The molecule has 0 heterocycles. The molecule has 0 spiro atoms. The van der Waals surface area contributed by atoms with Gasteiger partial charge in [0.15, 0.2) is 0 Å². The predicted molar refractivity (Wildman–Crippen MR) is 135 cm³/mol. The molecule has 0 aliphatic heterocycles. The first-order valence-electron chi connectivity index (χ1n) is 12.1. The van der Waals surface area contributed by atoms with E-state index in [-0.39, 0.29) is 30.3 Å². The zero-order chi connectivity index (χ0) is 25.8. The fourth-order valence-electron chi connectivity index (χ4n) is 4.51. The number of nitrogens with one attached hydrogen (secondary N) is 2. The molecule has 2 amide bonds. The van der Waals surface area contributed by atoms with Crippen LogP contribution in [-0.2, 0) is 14.3 Å². The third-order valence-electron chi connectivity index (χ3n) is 6.31. The Hall–Kier alpha value is -3.35. The van der Waals surface area contributed by atoms with Crippen LogP contribution in [0.15, 0.2) is 48.5 Å². The van der Waals surface area contributed by atoms with Crippen LogP contribution < -0.4 is 10.6 Å². The van der Waals surface area contributed by atoms with Gasteiger partial charge >= 0.3 is 12.1 Å². The minimum absolute atomic E-state index is 0.0320. The highest BCUT2D eigenvalue weighted by molar-refractivity contribution is 5.84. The van der Waals surface area contributed by atoms with Gasteiger partial charge in [0.05, 0.1) is 0 Å².